The second-order valence-corrected chi connectivity index (χ2v) is 6.68. The lowest BCUT2D eigenvalue weighted by Gasteiger charge is -2.03. The maximum absolute atomic E-state index is 4.99. The standard InChI is InChI=1S/C15H20BrN3OS/c1-11-12(5-3-6-13(11)16)15-19-18-14(21-15)7-4-8-17-9-10-20-2/h3,5-6,17H,4,7-10H2,1-2H3. The average molecular weight is 370 g/mol. The fourth-order valence-corrected chi connectivity index (χ4v) is 3.30. The minimum atomic E-state index is 0.755. The molecular formula is C15H20BrN3OS. The summed E-state index contributed by atoms with van der Waals surface area (Å²) < 4.78 is 6.10. The molecule has 0 atom stereocenters. The van der Waals surface area contributed by atoms with Gasteiger partial charge in [0.15, 0.2) is 0 Å². The van der Waals surface area contributed by atoms with Crippen LogP contribution in [0.3, 0.4) is 0 Å². The molecule has 1 N–H and O–H groups in total. The van der Waals surface area contributed by atoms with Crippen LogP contribution in [0.1, 0.15) is 17.0 Å². The lowest BCUT2D eigenvalue weighted by Crippen LogP contribution is -2.20. The van der Waals surface area contributed by atoms with Crippen LogP contribution in [0.25, 0.3) is 10.6 Å². The molecular weight excluding hydrogens is 350 g/mol. The van der Waals surface area contributed by atoms with Crippen molar-refractivity contribution in [1.82, 2.24) is 15.5 Å². The van der Waals surface area contributed by atoms with Crippen LogP contribution in [0.15, 0.2) is 22.7 Å². The molecule has 0 bridgehead atoms. The van der Waals surface area contributed by atoms with Crippen molar-refractivity contribution in [1.29, 1.82) is 0 Å². The van der Waals surface area contributed by atoms with Gasteiger partial charge in [-0.15, -0.1) is 10.2 Å². The first-order valence-corrected chi connectivity index (χ1v) is 8.61. The van der Waals surface area contributed by atoms with Crippen molar-refractivity contribution in [3.8, 4) is 10.6 Å². The summed E-state index contributed by atoms with van der Waals surface area (Å²) in [5, 5.41) is 14.1. The number of methoxy groups -OCH3 is 1. The summed E-state index contributed by atoms with van der Waals surface area (Å²) in [5.74, 6) is 0. The molecule has 1 aromatic heterocycles. The average Bonchev–Trinajstić information content (AvgIpc) is 2.94. The Labute approximate surface area is 138 Å². The van der Waals surface area contributed by atoms with E-state index >= 15 is 0 Å². The highest BCUT2D eigenvalue weighted by Gasteiger charge is 2.10. The molecule has 2 rings (SSSR count). The highest BCUT2D eigenvalue weighted by Crippen LogP contribution is 2.30. The SMILES string of the molecule is COCCNCCCc1nnc(-c2cccc(Br)c2C)s1. The van der Waals surface area contributed by atoms with Crippen LogP contribution in [-0.2, 0) is 11.2 Å². The van der Waals surface area contributed by atoms with E-state index in [-0.39, 0.29) is 0 Å². The second-order valence-electron chi connectivity index (χ2n) is 4.76. The summed E-state index contributed by atoms with van der Waals surface area (Å²) in [6.07, 6.45) is 2.03. The minimum absolute atomic E-state index is 0.755. The molecule has 1 aromatic carbocycles. The van der Waals surface area contributed by atoms with Crippen molar-refractivity contribution >= 4 is 27.3 Å². The Bertz CT molecular complexity index is 574. The maximum atomic E-state index is 4.99. The van der Waals surface area contributed by atoms with E-state index in [9.17, 15) is 0 Å². The molecule has 0 saturated heterocycles. The molecule has 1 heterocycles. The molecule has 0 aliphatic carbocycles. The third-order valence-corrected chi connectivity index (χ3v) is 5.07. The molecule has 2 aromatic rings. The zero-order chi connectivity index (χ0) is 15.1. The van der Waals surface area contributed by atoms with E-state index < -0.39 is 0 Å². The van der Waals surface area contributed by atoms with Gasteiger partial charge in [-0.1, -0.05) is 39.4 Å². The van der Waals surface area contributed by atoms with E-state index in [0.717, 1.165) is 52.6 Å². The van der Waals surface area contributed by atoms with Gasteiger partial charge in [-0.2, -0.15) is 0 Å². The van der Waals surface area contributed by atoms with Crippen LogP contribution in [0, 0.1) is 6.92 Å². The third-order valence-electron chi connectivity index (χ3n) is 3.19. The zero-order valence-corrected chi connectivity index (χ0v) is 14.8. The summed E-state index contributed by atoms with van der Waals surface area (Å²) in [5.41, 5.74) is 2.37. The topological polar surface area (TPSA) is 47.0 Å². The summed E-state index contributed by atoms with van der Waals surface area (Å²) in [4.78, 5) is 0. The van der Waals surface area contributed by atoms with Gasteiger partial charge in [0.2, 0.25) is 0 Å². The molecule has 0 fully saturated rings. The van der Waals surface area contributed by atoms with E-state index in [4.69, 9.17) is 4.74 Å². The Morgan fingerprint density at radius 2 is 2.14 bits per heavy atom. The predicted octanol–water partition coefficient (Wildman–Crippen LogP) is 3.44. The number of halogens is 1. The largest absolute Gasteiger partial charge is 0.383 e. The summed E-state index contributed by atoms with van der Waals surface area (Å²) >= 11 is 5.24. The minimum Gasteiger partial charge on any atom is -0.383 e. The summed E-state index contributed by atoms with van der Waals surface area (Å²) in [6.45, 7) is 4.73. The molecule has 0 aliphatic rings. The van der Waals surface area contributed by atoms with E-state index in [1.807, 2.05) is 12.1 Å². The van der Waals surface area contributed by atoms with Crippen LogP contribution >= 0.6 is 27.3 Å². The third kappa shape index (κ3) is 4.85. The van der Waals surface area contributed by atoms with Gasteiger partial charge in [-0.3, -0.25) is 0 Å². The Morgan fingerprint density at radius 1 is 1.29 bits per heavy atom. The molecule has 114 valence electrons. The van der Waals surface area contributed by atoms with Crippen LogP contribution in [0.4, 0.5) is 0 Å². The number of benzene rings is 1. The normalized spacial score (nSPS) is 11.0. The second kappa shape index (κ2) is 8.58. The number of hydrogen-bond donors (Lipinski definition) is 1. The number of aryl methyl sites for hydroxylation is 1. The summed E-state index contributed by atoms with van der Waals surface area (Å²) in [6, 6.07) is 6.18. The first kappa shape index (κ1) is 16.5. The monoisotopic (exact) mass is 369 g/mol. The van der Waals surface area contributed by atoms with Gasteiger partial charge < -0.3 is 10.1 Å². The first-order chi connectivity index (χ1) is 10.2. The van der Waals surface area contributed by atoms with Crippen LogP contribution in [0.5, 0.6) is 0 Å². The van der Waals surface area contributed by atoms with E-state index in [1.54, 1.807) is 18.4 Å². The van der Waals surface area contributed by atoms with Crippen molar-refractivity contribution in [3.05, 3.63) is 33.2 Å². The van der Waals surface area contributed by atoms with Crippen LogP contribution < -0.4 is 5.32 Å². The van der Waals surface area contributed by atoms with Gasteiger partial charge >= 0.3 is 0 Å². The van der Waals surface area contributed by atoms with Gasteiger partial charge in [0.1, 0.15) is 10.0 Å². The van der Waals surface area contributed by atoms with Crippen molar-refractivity contribution in [2.24, 2.45) is 0 Å². The fraction of sp³-hybridized carbons (Fsp3) is 0.467. The lowest BCUT2D eigenvalue weighted by molar-refractivity contribution is 0.199. The van der Waals surface area contributed by atoms with Crippen LogP contribution in [-0.4, -0.2) is 37.0 Å². The highest BCUT2D eigenvalue weighted by molar-refractivity contribution is 9.10. The Kier molecular flexibility index (Phi) is 6.76. The van der Waals surface area contributed by atoms with E-state index in [0.29, 0.717) is 0 Å². The molecule has 4 nitrogen and oxygen atoms in total. The number of aromatic nitrogens is 2. The van der Waals surface area contributed by atoms with Crippen molar-refractivity contribution < 1.29 is 4.74 Å². The molecule has 21 heavy (non-hydrogen) atoms. The summed E-state index contributed by atoms with van der Waals surface area (Å²) in [7, 11) is 1.72. The van der Waals surface area contributed by atoms with Crippen molar-refractivity contribution in [2.75, 3.05) is 26.8 Å². The van der Waals surface area contributed by atoms with Crippen molar-refractivity contribution in [3.63, 3.8) is 0 Å². The molecule has 0 aliphatic heterocycles. The van der Waals surface area contributed by atoms with Gasteiger partial charge in [-0.05, 0) is 31.5 Å². The predicted molar refractivity (Wildman–Crippen MR) is 90.8 cm³/mol. The first-order valence-electron chi connectivity index (χ1n) is 7.00. The molecule has 0 unspecified atom stereocenters. The quantitative estimate of drug-likeness (QED) is 0.723. The zero-order valence-electron chi connectivity index (χ0n) is 12.4. The lowest BCUT2D eigenvalue weighted by atomic mass is 10.1. The van der Waals surface area contributed by atoms with E-state index in [2.05, 4.69) is 44.4 Å². The van der Waals surface area contributed by atoms with Gasteiger partial charge in [-0.25, -0.2) is 0 Å². The van der Waals surface area contributed by atoms with Gasteiger partial charge in [0.05, 0.1) is 6.61 Å². The maximum Gasteiger partial charge on any atom is 0.148 e. The van der Waals surface area contributed by atoms with E-state index in [1.165, 1.54) is 5.56 Å². The molecule has 0 saturated carbocycles. The molecule has 0 amide bonds. The Hall–Kier alpha value is -0.820. The van der Waals surface area contributed by atoms with Gasteiger partial charge in [0, 0.05) is 30.1 Å². The Morgan fingerprint density at radius 3 is 2.95 bits per heavy atom. The van der Waals surface area contributed by atoms with Crippen LogP contribution in [0.2, 0.25) is 0 Å². The number of nitrogens with one attached hydrogen (secondary N) is 1. The Balaban J connectivity index is 1.88. The molecule has 0 radical (unpaired) electrons. The van der Waals surface area contributed by atoms with Gasteiger partial charge in [0.25, 0.3) is 0 Å². The number of ether oxygens (including phenoxy) is 1. The smallest absolute Gasteiger partial charge is 0.148 e. The molecule has 0 spiro atoms. The fourth-order valence-electron chi connectivity index (χ4n) is 1.97. The number of hydrogen-bond acceptors (Lipinski definition) is 5. The number of rotatable bonds is 8. The number of nitrogens with zero attached hydrogens (tertiary/aromatic N) is 2. The molecule has 6 heteroatoms. The van der Waals surface area contributed by atoms with Crippen molar-refractivity contribution in [2.45, 2.75) is 19.8 Å². The highest BCUT2D eigenvalue weighted by atomic mass is 79.9.